The van der Waals surface area contributed by atoms with Gasteiger partial charge in [-0.15, -0.1) is 0 Å². The van der Waals surface area contributed by atoms with Crippen molar-refractivity contribution in [3.05, 3.63) is 66.0 Å². The first-order chi connectivity index (χ1) is 14.3. The molecule has 1 saturated carbocycles. The van der Waals surface area contributed by atoms with E-state index >= 15 is 0 Å². The van der Waals surface area contributed by atoms with E-state index in [0.29, 0.717) is 24.9 Å². The van der Waals surface area contributed by atoms with Gasteiger partial charge in [0, 0.05) is 29.7 Å². The predicted octanol–water partition coefficient (Wildman–Crippen LogP) is 2.94. The van der Waals surface area contributed by atoms with E-state index in [0.717, 1.165) is 16.6 Å². The molecule has 0 aliphatic heterocycles. The first-order valence-corrected chi connectivity index (χ1v) is 11.3. The number of nitrogens with zero attached hydrogens (tertiary/aromatic N) is 2. The van der Waals surface area contributed by atoms with Crippen LogP contribution in [0.5, 0.6) is 0 Å². The number of hydrogen-bond acceptors (Lipinski definition) is 5. The van der Waals surface area contributed by atoms with Gasteiger partial charge >= 0.3 is 5.97 Å². The minimum absolute atomic E-state index is 0.0625. The van der Waals surface area contributed by atoms with Gasteiger partial charge in [0.25, 0.3) is 0 Å². The summed E-state index contributed by atoms with van der Waals surface area (Å²) >= 11 is 0. The summed E-state index contributed by atoms with van der Waals surface area (Å²) in [6.07, 6.45) is 2.93. The Bertz CT molecular complexity index is 1170. The Balaban J connectivity index is 1.59. The molecule has 1 unspecified atom stereocenters. The quantitative estimate of drug-likeness (QED) is 0.602. The number of rotatable bonds is 7. The van der Waals surface area contributed by atoms with Crippen LogP contribution in [0, 0.1) is 18.8 Å². The van der Waals surface area contributed by atoms with E-state index < -0.39 is 28.0 Å². The van der Waals surface area contributed by atoms with Crippen molar-refractivity contribution in [3.63, 3.8) is 0 Å². The third kappa shape index (κ3) is 4.34. The molecule has 8 heteroatoms. The highest BCUT2D eigenvalue weighted by molar-refractivity contribution is 7.89. The standard InChI is InChI=1S/C22H23N3O4S/c1-14-4-8-19(9-5-14)30(28,29)25-20(16-11-17(12-16)22(26)27)13-18-7-6-15-3-2-10-23-21(15)24-18/h2-10,16-17,20,25H,11-13H2,1H3,(H,26,27). The molecule has 3 aromatic rings. The third-order valence-electron chi connectivity index (χ3n) is 5.68. The van der Waals surface area contributed by atoms with Crippen LogP contribution in [-0.4, -0.2) is 35.5 Å². The fourth-order valence-corrected chi connectivity index (χ4v) is 5.12. The average molecular weight is 426 g/mol. The molecule has 0 spiro atoms. The highest BCUT2D eigenvalue weighted by atomic mass is 32.2. The second-order valence-corrected chi connectivity index (χ2v) is 9.58. The molecule has 0 saturated heterocycles. The molecule has 1 fully saturated rings. The SMILES string of the molecule is Cc1ccc(S(=O)(=O)NC(Cc2ccc3cccnc3n2)C2CC(C(=O)O)C2)cc1. The van der Waals surface area contributed by atoms with Gasteiger partial charge in [-0.3, -0.25) is 4.79 Å². The van der Waals surface area contributed by atoms with Gasteiger partial charge < -0.3 is 5.11 Å². The first kappa shape index (κ1) is 20.4. The van der Waals surface area contributed by atoms with Crippen LogP contribution in [0.4, 0.5) is 0 Å². The number of aryl methyl sites for hydroxylation is 1. The number of carbonyl (C=O) groups is 1. The molecule has 156 valence electrons. The lowest BCUT2D eigenvalue weighted by atomic mass is 9.70. The lowest BCUT2D eigenvalue weighted by Gasteiger charge is -2.38. The molecule has 4 rings (SSSR count). The van der Waals surface area contributed by atoms with Crippen molar-refractivity contribution in [2.24, 2.45) is 11.8 Å². The number of sulfonamides is 1. The van der Waals surface area contributed by atoms with Crippen molar-refractivity contribution in [1.82, 2.24) is 14.7 Å². The Morgan fingerprint density at radius 2 is 1.90 bits per heavy atom. The van der Waals surface area contributed by atoms with Crippen LogP contribution < -0.4 is 4.72 Å². The van der Waals surface area contributed by atoms with Gasteiger partial charge in [0.2, 0.25) is 10.0 Å². The van der Waals surface area contributed by atoms with Crippen LogP contribution in [0.25, 0.3) is 11.0 Å². The van der Waals surface area contributed by atoms with Crippen LogP contribution in [0.1, 0.15) is 24.1 Å². The Morgan fingerprint density at radius 1 is 1.17 bits per heavy atom. The molecule has 7 nitrogen and oxygen atoms in total. The molecule has 30 heavy (non-hydrogen) atoms. The molecule has 1 aromatic carbocycles. The van der Waals surface area contributed by atoms with E-state index in [4.69, 9.17) is 0 Å². The molecule has 2 heterocycles. The van der Waals surface area contributed by atoms with Crippen LogP contribution >= 0.6 is 0 Å². The van der Waals surface area contributed by atoms with Gasteiger partial charge in [-0.25, -0.2) is 23.1 Å². The van der Waals surface area contributed by atoms with Crippen molar-refractivity contribution < 1.29 is 18.3 Å². The minimum atomic E-state index is -3.74. The largest absolute Gasteiger partial charge is 0.481 e. The lowest BCUT2D eigenvalue weighted by molar-refractivity contribution is -0.146. The fourth-order valence-electron chi connectivity index (χ4n) is 3.81. The molecule has 1 aliphatic carbocycles. The first-order valence-electron chi connectivity index (χ1n) is 9.84. The normalized spacial score (nSPS) is 19.9. The number of nitrogens with one attached hydrogen (secondary N) is 1. The van der Waals surface area contributed by atoms with Crippen LogP contribution in [-0.2, 0) is 21.2 Å². The number of aliphatic carboxylic acids is 1. The molecule has 2 N–H and O–H groups in total. The minimum Gasteiger partial charge on any atom is -0.481 e. The monoisotopic (exact) mass is 425 g/mol. The van der Waals surface area contributed by atoms with E-state index in [1.165, 1.54) is 0 Å². The highest BCUT2D eigenvalue weighted by Gasteiger charge is 2.40. The Labute approximate surface area is 175 Å². The highest BCUT2D eigenvalue weighted by Crippen LogP contribution is 2.37. The summed E-state index contributed by atoms with van der Waals surface area (Å²) < 4.78 is 28.7. The van der Waals surface area contributed by atoms with Crippen LogP contribution in [0.15, 0.2) is 59.6 Å². The number of benzene rings is 1. The molecule has 2 aromatic heterocycles. The summed E-state index contributed by atoms with van der Waals surface area (Å²) in [6.45, 7) is 1.90. The molecule has 0 radical (unpaired) electrons. The number of hydrogen-bond donors (Lipinski definition) is 2. The summed E-state index contributed by atoms with van der Waals surface area (Å²) in [6, 6.07) is 13.8. The van der Waals surface area contributed by atoms with E-state index in [2.05, 4.69) is 14.7 Å². The van der Waals surface area contributed by atoms with Gasteiger partial charge in [0.1, 0.15) is 0 Å². The molecular weight excluding hydrogens is 402 g/mol. The van der Waals surface area contributed by atoms with Gasteiger partial charge in [-0.2, -0.15) is 0 Å². The Hall–Kier alpha value is -2.84. The lowest BCUT2D eigenvalue weighted by Crippen LogP contribution is -2.48. The Morgan fingerprint density at radius 3 is 2.60 bits per heavy atom. The zero-order chi connectivity index (χ0) is 21.3. The van der Waals surface area contributed by atoms with Crippen molar-refractivity contribution in [1.29, 1.82) is 0 Å². The third-order valence-corrected chi connectivity index (χ3v) is 7.19. The van der Waals surface area contributed by atoms with E-state index in [1.54, 1.807) is 30.5 Å². The maximum atomic E-state index is 13.0. The number of aromatic nitrogens is 2. The average Bonchev–Trinajstić information content (AvgIpc) is 2.66. The second kappa shape index (κ2) is 8.12. The number of carboxylic acid groups (broad SMARTS) is 1. The van der Waals surface area contributed by atoms with E-state index in [9.17, 15) is 18.3 Å². The number of fused-ring (bicyclic) bond motifs is 1. The van der Waals surface area contributed by atoms with Crippen LogP contribution in [0.2, 0.25) is 0 Å². The molecule has 0 amide bonds. The topological polar surface area (TPSA) is 109 Å². The van der Waals surface area contributed by atoms with E-state index in [-0.39, 0.29) is 10.8 Å². The van der Waals surface area contributed by atoms with Crippen molar-refractivity contribution in [2.45, 2.75) is 37.1 Å². The van der Waals surface area contributed by atoms with Gasteiger partial charge in [-0.05, 0) is 62.1 Å². The summed E-state index contributed by atoms with van der Waals surface area (Å²) in [7, 11) is -3.74. The molecule has 1 aliphatic rings. The maximum absolute atomic E-state index is 13.0. The summed E-state index contributed by atoms with van der Waals surface area (Å²) in [5.74, 6) is -1.32. The van der Waals surface area contributed by atoms with E-state index in [1.807, 2.05) is 31.2 Å². The second-order valence-electron chi connectivity index (χ2n) is 7.86. The summed E-state index contributed by atoms with van der Waals surface area (Å²) in [5.41, 5.74) is 2.30. The summed E-state index contributed by atoms with van der Waals surface area (Å²) in [4.78, 5) is 20.3. The zero-order valence-electron chi connectivity index (χ0n) is 16.5. The zero-order valence-corrected chi connectivity index (χ0v) is 17.3. The van der Waals surface area contributed by atoms with Gasteiger partial charge in [0.05, 0.1) is 10.8 Å². The number of carboxylic acids is 1. The van der Waals surface area contributed by atoms with Gasteiger partial charge in [0.15, 0.2) is 5.65 Å². The Kier molecular flexibility index (Phi) is 5.53. The van der Waals surface area contributed by atoms with Crippen molar-refractivity contribution in [3.8, 4) is 0 Å². The molecule has 0 bridgehead atoms. The van der Waals surface area contributed by atoms with Gasteiger partial charge in [-0.1, -0.05) is 17.7 Å². The van der Waals surface area contributed by atoms with Crippen molar-refractivity contribution >= 4 is 27.0 Å². The molecular formula is C22H23N3O4S. The number of pyridine rings is 2. The smallest absolute Gasteiger partial charge is 0.306 e. The van der Waals surface area contributed by atoms with Crippen LogP contribution in [0.3, 0.4) is 0 Å². The summed E-state index contributed by atoms with van der Waals surface area (Å²) in [5, 5.41) is 10.1. The van der Waals surface area contributed by atoms with Crippen molar-refractivity contribution in [2.75, 3.05) is 0 Å². The maximum Gasteiger partial charge on any atom is 0.306 e. The fraction of sp³-hybridized carbons (Fsp3) is 0.318. The predicted molar refractivity (Wildman–Crippen MR) is 112 cm³/mol. The molecule has 1 atom stereocenters.